The van der Waals surface area contributed by atoms with E-state index in [1.807, 2.05) is 48.7 Å². The maximum Gasteiger partial charge on any atom is 0.307 e. The Morgan fingerprint density at radius 2 is 2.05 bits per heavy atom. The van der Waals surface area contributed by atoms with Gasteiger partial charge in [-0.25, -0.2) is 0 Å². The standard InChI is InChI=1S/C17H13BrClNO2/c18-13-4-5-16-15(8-13)12(7-17(21)22)10-20(16)9-11-2-1-3-14(19)6-11/h1-6,8,10H,7,9H2,(H,21,22). The number of fused-ring (bicyclic) bond motifs is 1. The molecule has 0 fully saturated rings. The topological polar surface area (TPSA) is 42.2 Å². The predicted molar refractivity (Wildman–Crippen MR) is 91.5 cm³/mol. The van der Waals surface area contributed by atoms with E-state index in [1.165, 1.54) is 0 Å². The van der Waals surface area contributed by atoms with Crippen LogP contribution >= 0.6 is 27.5 Å². The van der Waals surface area contributed by atoms with Gasteiger partial charge in [-0.2, -0.15) is 0 Å². The van der Waals surface area contributed by atoms with E-state index in [2.05, 4.69) is 20.5 Å². The number of aromatic nitrogens is 1. The Morgan fingerprint density at radius 3 is 2.77 bits per heavy atom. The van der Waals surface area contributed by atoms with Crippen LogP contribution in [0.1, 0.15) is 11.1 Å². The minimum Gasteiger partial charge on any atom is -0.481 e. The molecule has 3 rings (SSSR count). The van der Waals surface area contributed by atoms with Gasteiger partial charge in [0.25, 0.3) is 0 Å². The number of benzene rings is 2. The highest BCUT2D eigenvalue weighted by Crippen LogP contribution is 2.26. The van der Waals surface area contributed by atoms with Gasteiger partial charge in [-0.3, -0.25) is 4.79 Å². The van der Waals surface area contributed by atoms with Crippen molar-refractivity contribution < 1.29 is 9.90 Å². The quantitative estimate of drug-likeness (QED) is 0.713. The molecule has 0 unspecified atom stereocenters. The van der Waals surface area contributed by atoms with Gasteiger partial charge in [0.05, 0.1) is 6.42 Å². The van der Waals surface area contributed by atoms with Crippen LogP contribution in [0.25, 0.3) is 10.9 Å². The predicted octanol–water partition coefficient (Wildman–Crippen LogP) is 4.73. The van der Waals surface area contributed by atoms with Gasteiger partial charge in [-0.15, -0.1) is 0 Å². The van der Waals surface area contributed by atoms with Crippen molar-refractivity contribution in [3.05, 3.63) is 69.3 Å². The number of carboxylic acids is 1. The first-order valence-corrected chi connectivity index (χ1v) is 7.93. The number of carboxylic acid groups (broad SMARTS) is 1. The van der Waals surface area contributed by atoms with E-state index in [0.29, 0.717) is 11.6 Å². The number of aliphatic carboxylic acids is 1. The van der Waals surface area contributed by atoms with Gasteiger partial charge in [0.15, 0.2) is 0 Å². The van der Waals surface area contributed by atoms with Crippen molar-refractivity contribution in [2.24, 2.45) is 0 Å². The molecule has 112 valence electrons. The van der Waals surface area contributed by atoms with Gasteiger partial charge in [-0.05, 0) is 41.5 Å². The first-order valence-electron chi connectivity index (χ1n) is 6.76. The van der Waals surface area contributed by atoms with E-state index in [4.69, 9.17) is 16.7 Å². The highest BCUT2D eigenvalue weighted by Gasteiger charge is 2.12. The van der Waals surface area contributed by atoms with Crippen molar-refractivity contribution >= 4 is 44.4 Å². The normalized spacial score (nSPS) is 11.0. The van der Waals surface area contributed by atoms with E-state index >= 15 is 0 Å². The summed E-state index contributed by atoms with van der Waals surface area (Å²) >= 11 is 9.48. The molecule has 1 aromatic heterocycles. The first kappa shape index (κ1) is 15.1. The van der Waals surface area contributed by atoms with Gasteiger partial charge in [0.1, 0.15) is 0 Å². The van der Waals surface area contributed by atoms with E-state index in [1.54, 1.807) is 0 Å². The third-order valence-corrected chi connectivity index (χ3v) is 4.24. The third kappa shape index (κ3) is 3.18. The average Bonchev–Trinajstić information content (AvgIpc) is 2.75. The summed E-state index contributed by atoms with van der Waals surface area (Å²) in [6, 6.07) is 13.6. The fourth-order valence-corrected chi connectivity index (χ4v) is 3.18. The minimum atomic E-state index is -0.832. The second-order valence-corrected chi connectivity index (χ2v) is 6.50. The monoisotopic (exact) mass is 377 g/mol. The van der Waals surface area contributed by atoms with Crippen LogP contribution in [-0.4, -0.2) is 15.6 Å². The molecule has 3 aromatic rings. The summed E-state index contributed by atoms with van der Waals surface area (Å²) in [5.41, 5.74) is 2.90. The molecule has 0 radical (unpaired) electrons. The lowest BCUT2D eigenvalue weighted by Crippen LogP contribution is -2.00. The molecule has 0 amide bonds. The number of rotatable bonds is 4. The van der Waals surface area contributed by atoms with Crippen LogP contribution in [-0.2, 0) is 17.8 Å². The molecule has 0 saturated carbocycles. The summed E-state index contributed by atoms with van der Waals surface area (Å²) in [6.45, 7) is 0.651. The average molecular weight is 379 g/mol. The molecule has 1 N–H and O–H groups in total. The lowest BCUT2D eigenvalue weighted by Gasteiger charge is -2.06. The van der Waals surface area contributed by atoms with E-state index in [9.17, 15) is 4.79 Å². The number of hydrogen-bond acceptors (Lipinski definition) is 1. The molecule has 0 bridgehead atoms. The van der Waals surface area contributed by atoms with Crippen LogP contribution in [0.5, 0.6) is 0 Å². The SMILES string of the molecule is O=C(O)Cc1cn(Cc2cccc(Cl)c2)c2ccc(Br)cc12. The summed E-state index contributed by atoms with van der Waals surface area (Å²) in [6.07, 6.45) is 1.92. The van der Waals surface area contributed by atoms with Gasteiger partial charge in [0.2, 0.25) is 0 Å². The fourth-order valence-electron chi connectivity index (χ4n) is 2.61. The Kier molecular flexibility index (Phi) is 4.23. The lowest BCUT2D eigenvalue weighted by atomic mass is 10.1. The van der Waals surface area contributed by atoms with Gasteiger partial charge >= 0.3 is 5.97 Å². The first-order chi connectivity index (χ1) is 10.5. The maximum absolute atomic E-state index is 11.1. The molecule has 0 spiro atoms. The summed E-state index contributed by atoms with van der Waals surface area (Å²) in [4.78, 5) is 11.1. The zero-order valence-corrected chi connectivity index (χ0v) is 13.9. The molecule has 2 aromatic carbocycles. The van der Waals surface area contributed by atoms with Crippen LogP contribution in [0.15, 0.2) is 53.1 Å². The molecular weight excluding hydrogens is 366 g/mol. The molecule has 0 aliphatic carbocycles. The van der Waals surface area contributed by atoms with Crippen LogP contribution in [0.3, 0.4) is 0 Å². The minimum absolute atomic E-state index is 0.00942. The van der Waals surface area contributed by atoms with Crippen molar-refractivity contribution in [1.82, 2.24) is 4.57 Å². The third-order valence-electron chi connectivity index (χ3n) is 3.51. The maximum atomic E-state index is 11.1. The highest BCUT2D eigenvalue weighted by atomic mass is 79.9. The molecule has 22 heavy (non-hydrogen) atoms. The second-order valence-electron chi connectivity index (χ2n) is 5.14. The van der Waals surface area contributed by atoms with Crippen molar-refractivity contribution in [2.75, 3.05) is 0 Å². The molecule has 5 heteroatoms. The van der Waals surface area contributed by atoms with Crippen LogP contribution < -0.4 is 0 Å². The summed E-state index contributed by atoms with van der Waals surface area (Å²) < 4.78 is 3.00. The Bertz CT molecular complexity index is 857. The molecule has 0 aliphatic rings. The molecule has 0 atom stereocenters. The van der Waals surface area contributed by atoms with Gasteiger partial charge in [0, 0.05) is 33.1 Å². The number of nitrogens with zero attached hydrogens (tertiary/aromatic N) is 1. The summed E-state index contributed by atoms with van der Waals surface area (Å²) in [7, 11) is 0. The number of hydrogen-bond donors (Lipinski definition) is 1. The van der Waals surface area contributed by atoms with Gasteiger partial charge in [-0.1, -0.05) is 39.7 Å². The summed E-state index contributed by atoms with van der Waals surface area (Å²) in [5.74, 6) is -0.832. The Balaban J connectivity index is 2.07. The second kappa shape index (κ2) is 6.15. The van der Waals surface area contributed by atoms with Gasteiger partial charge < -0.3 is 9.67 Å². The van der Waals surface area contributed by atoms with Crippen LogP contribution in [0, 0.1) is 0 Å². The molecule has 0 aliphatic heterocycles. The van der Waals surface area contributed by atoms with E-state index < -0.39 is 5.97 Å². The van der Waals surface area contributed by atoms with Crippen molar-refractivity contribution in [3.8, 4) is 0 Å². The molecule has 1 heterocycles. The Morgan fingerprint density at radius 1 is 1.23 bits per heavy atom. The van der Waals surface area contributed by atoms with Crippen molar-refractivity contribution in [2.45, 2.75) is 13.0 Å². The summed E-state index contributed by atoms with van der Waals surface area (Å²) in [5, 5.41) is 10.7. The van der Waals surface area contributed by atoms with Crippen molar-refractivity contribution in [3.63, 3.8) is 0 Å². The van der Waals surface area contributed by atoms with Crippen LogP contribution in [0.2, 0.25) is 5.02 Å². The highest BCUT2D eigenvalue weighted by molar-refractivity contribution is 9.10. The lowest BCUT2D eigenvalue weighted by molar-refractivity contribution is -0.136. The van der Waals surface area contributed by atoms with E-state index in [0.717, 1.165) is 26.5 Å². The Labute approximate surface area is 141 Å². The molecule has 3 nitrogen and oxygen atoms in total. The van der Waals surface area contributed by atoms with Crippen LogP contribution in [0.4, 0.5) is 0 Å². The molecule has 0 saturated heterocycles. The van der Waals surface area contributed by atoms with Crippen molar-refractivity contribution in [1.29, 1.82) is 0 Å². The largest absolute Gasteiger partial charge is 0.481 e. The zero-order chi connectivity index (χ0) is 15.7. The zero-order valence-electron chi connectivity index (χ0n) is 11.6. The smallest absolute Gasteiger partial charge is 0.307 e. The molecular formula is C17H13BrClNO2. The number of carbonyl (C=O) groups is 1. The fraction of sp³-hybridized carbons (Fsp3) is 0.118. The Hall–Kier alpha value is -1.78. The van der Waals surface area contributed by atoms with E-state index in [-0.39, 0.29) is 6.42 Å². The number of halogens is 2.